The summed E-state index contributed by atoms with van der Waals surface area (Å²) in [7, 11) is 0. The zero-order chi connectivity index (χ0) is 14.7. The van der Waals surface area contributed by atoms with Crippen LogP contribution in [0.25, 0.3) is 0 Å². The van der Waals surface area contributed by atoms with E-state index in [2.05, 4.69) is 34.1 Å². The van der Waals surface area contributed by atoms with Gasteiger partial charge in [0.1, 0.15) is 0 Å². The number of benzene rings is 2. The fourth-order valence-corrected chi connectivity index (χ4v) is 2.67. The molecule has 0 saturated heterocycles. The average molecular weight is 281 g/mol. The van der Waals surface area contributed by atoms with Crippen LogP contribution in [0.5, 0.6) is 0 Å². The molecule has 21 heavy (non-hydrogen) atoms. The van der Waals surface area contributed by atoms with Gasteiger partial charge in [0.05, 0.1) is 0 Å². The number of anilines is 3. The number of hydrogen-bond acceptors (Lipinski definition) is 3. The van der Waals surface area contributed by atoms with Gasteiger partial charge in [-0.25, -0.2) is 0 Å². The van der Waals surface area contributed by atoms with Gasteiger partial charge in [0.2, 0.25) is 5.91 Å². The van der Waals surface area contributed by atoms with Crippen molar-refractivity contribution in [2.24, 2.45) is 0 Å². The number of nitrogens with one attached hydrogen (secondary N) is 3. The number of rotatable bonds is 4. The molecule has 3 rings (SSSR count). The highest BCUT2D eigenvalue weighted by Crippen LogP contribution is 2.27. The topological polar surface area (TPSA) is 53.2 Å². The van der Waals surface area contributed by atoms with Gasteiger partial charge in [0, 0.05) is 37.1 Å². The van der Waals surface area contributed by atoms with Crippen LogP contribution < -0.4 is 16.0 Å². The summed E-state index contributed by atoms with van der Waals surface area (Å²) in [5.41, 5.74) is 5.74. The molecule has 0 aliphatic carbocycles. The smallest absolute Gasteiger partial charge is 0.221 e. The molecule has 0 atom stereocenters. The number of hydrogen-bond donors (Lipinski definition) is 3. The van der Waals surface area contributed by atoms with Gasteiger partial charge in [-0.2, -0.15) is 0 Å². The van der Waals surface area contributed by atoms with Gasteiger partial charge >= 0.3 is 0 Å². The molecule has 4 heteroatoms. The fourth-order valence-electron chi connectivity index (χ4n) is 2.67. The van der Waals surface area contributed by atoms with Crippen LogP contribution in [-0.2, 0) is 17.8 Å². The van der Waals surface area contributed by atoms with Gasteiger partial charge in [-0.3, -0.25) is 4.79 Å². The summed E-state index contributed by atoms with van der Waals surface area (Å²) in [6.07, 6.45) is 1.10. The zero-order valence-corrected chi connectivity index (χ0v) is 12.1. The minimum Gasteiger partial charge on any atom is -0.384 e. The molecule has 1 aliphatic rings. The maximum Gasteiger partial charge on any atom is 0.221 e. The average Bonchev–Trinajstić information content (AvgIpc) is 2.93. The largest absolute Gasteiger partial charge is 0.384 e. The van der Waals surface area contributed by atoms with Gasteiger partial charge < -0.3 is 16.0 Å². The van der Waals surface area contributed by atoms with E-state index in [1.807, 2.05) is 24.3 Å². The van der Waals surface area contributed by atoms with Crippen LogP contribution in [0.4, 0.5) is 17.1 Å². The van der Waals surface area contributed by atoms with Gasteiger partial charge in [-0.15, -0.1) is 0 Å². The van der Waals surface area contributed by atoms with Crippen molar-refractivity contribution >= 4 is 23.0 Å². The second-order valence-electron chi connectivity index (χ2n) is 5.24. The second kappa shape index (κ2) is 5.87. The molecule has 0 aromatic heterocycles. The third-order valence-electron chi connectivity index (χ3n) is 3.60. The van der Waals surface area contributed by atoms with Crippen molar-refractivity contribution in [3.05, 3.63) is 53.6 Å². The Labute approximate surface area is 124 Å². The highest BCUT2D eigenvalue weighted by molar-refractivity contribution is 5.89. The summed E-state index contributed by atoms with van der Waals surface area (Å²) in [6, 6.07) is 14.2. The molecular weight excluding hydrogens is 262 g/mol. The van der Waals surface area contributed by atoms with E-state index in [-0.39, 0.29) is 5.91 Å². The van der Waals surface area contributed by atoms with E-state index < -0.39 is 0 Å². The number of para-hydroxylation sites is 1. The predicted molar refractivity (Wildman–Crippen MR) is 86.7 cm³/mol. The normalized spacial score (nSPS) is 12.4. The molecule has 1 aliphatic heterocycles. The Morgan fingerprint density at radius 2 is 2.00 bits per heavy atom. The molecule has 0 saturated carbocycles. The maximum absolute atomic E-state index is 11.1. The van der Waals surface area contributed by atoms with Gasteiger partial charge in [-0.1, -0.05) is 24.3 Å². The number of carbonyl (C=O) groups is 1. The highest BCUT2D eigenvalue weighted by Gasteiger charge is 2.13. The third kappa shape index (κ3) is 3.16. The van der Waals surface area contributed by atoms with Crippen molar-refractivity contribution in [3.63, 3.8) is 0 Å². The lowest BCUT2D eigenvalue weighted by atomic mass is 10.1. The van der Waals surface area contributed by atoms with Crippen LogP contribution in [-0.4, -0.2) is 12.5 Å². The Morgan fingerprint density at radius 3 is 2.86 bits per heavy atom. The lowest BCUT2D eigenvalue weighted by molar-refractivity contribution is -0.114. The molecule has 108 valence electrons. The molecule has 4 nitrogen and oxygen atoms in total. The van der Waals surface area contributed by atoms with Gasteiger partial charge in [-0.05, 0) is 35.7 Å². The van der Waals surface area contributed by atoms with Crippen molar-refractivity contribution in [1.29, 1.82) is 0 Å². The molecule has 0 bridgehead atoms. The van der Waals surface area contributed by atoms with Crippen LogP contribution in [0.1, 0.15) is 18.1 Å². The molecule has 2 aromatic carbocycles. The van der Waals surface area contributed by atoms with Crippen LogP contribution in [0.3, 0.4) is 0 Å². The molecule has 0 spiro atoms. The van der Waals surface area contributed by atoms with Gasteiger partial charge in [0.15, 0.2) is 0 Å². The standard InChI is InChI=1S/C17H19N3O/c1-12(21)20-16-7-3-6-15(10-16)19-11-14-5-2-4-13-8-9-18-17(13)14/h2-7,10,18-19H,8-9,11H2,1H3,(H,20,21). The first-order valence-electron chi connectivity index (χ1n) is 7.18. The van der Waals surface area contributed by atoms with E-state index in [1.165, 1.54) is 23.7 Å². The Kier molecular flexibility index (Phi) is 3.77. The monoisotopic (exact) mass is 281 g/mol. The van der Waals surface area contributed by atoms with E-state index >= 15 is 0 Å². The number of carbonyl (C=O) groups excluding carboxylic acids is 1. The summed E-state index contributed by atoms with van der Waals surface area (Å²) < 4.78 is 0. The SMILES string of the molecule is CC(=O)Nc1cccc(NCc2cccc3c2NCC3)c1. The molecule has 2 aromatic rings. The Morgan fingerprint density at radius 1 is 1.19 bits per heavy atom. The van der Waals surface area contributed by atoms with E-state index in [9.17, 15) is 4.79 Å². The van der Waals surface area contributed by atoms with Crippen molar-refractivity contribution in [2.45, 2.75) is 19.9 Å². The Bertz CT molecular complexity index is 667. The fraction of sp³-hybridized carbons (Fsp3) is 0.235. The molecule has 0 unspecified atom stereocenters. The van der Waals surface area contributed by atoms with E-state index in [1.54, 1.807) is 0 Å². The Hall–Kier alpha value is -2.49. The van der Waals surface area contributed by atoms with E-state index in [4.69, 9.17) is 0 Å². The van der Waals surface area contributed by atoms with Crippen molar-refractivity contribution in [3.8, 4) is 0 Å². The third-order valence-corrected chi connectivity index (χ3v) is 3.60. The lowest BCUT2D eigenvalue weighted by Crippen LogP contribution is -2.07. The molecular formula is C17H19N3O. The maximum atomic E-state index is 11.1. The summed E-state index contributed by atoms with van der Waals surface area (Å²) in [5.74, 6) is -0.0581. The van der Waals surface area contributed by atoms with Crippen LogP contribution >= 0.6 is 0 Å². The number of fused-ring (bicyclic) bond motifs is 1. The quantitative estimate of drug-likeness (QED) is 0.806. The van der Waals surface area contributed by atoms with Gasteiger partial charge in [0.25, 0.3) is 0 Å². The predicted octanol–water partition coefficient (Wildman–Crippen LogP) is 3.23. The van der Waals surface area contributed by atoms with Crippen molar-refractivity contribution in [2.75, 3.05) is 22.5 Å². The first-order chi connectivity index (χ1) is 10.2. The highest BCUT2D eigenvalue weighted by atomic mass is 16.1. The van der Waals surface area contributed by atoms with Crippen LogP contribution in [0, 0.1) is 0 Å². The zero-order valence-electron chi connectivity index (χ0n) is 12.1. The summed E-state index contributed by atoms with van der Waals surface area (Å²) in [6.45, 7) is 3.29. The van der Waals surface area contributed by atoms with Crippen molar-refractivity contribution < 1.29 is 4.79 Å². The van der Waals surface area contributed by atoms with Crippen LogP contribution in [0.2, 0.25) is 0 Å². The van der Waals surface area contributed by atoms with E-state index in [0.717, 1.165) is 30.9 Å². The summed E-state index contributed by atoms with van der Waals surface area (Å²) >= 11 is 0. The molecule has 1 heterocycles. The minimum atomic E-state index is -0.0581. The minimum absolute atomic E-state index is 0.0581. The Balaban J connectivity index is 1.71. The molecule has 0 fully saturated rings. The summed E-state index contributed by atoms with van der Waals surface area (Å²) in [4.78, 5) is 11.1. The van der Waals surface area contributed by atoms with Crippen LogP contribution in [0.15, 0.2) is 42.5 Å². The first kappa shape index (κ1) is 13.5. The lowest BCUT2D eigenvalue weighted by Gasteiger charge is -2.12. The second-order valence-corrected chi connectivity index (χ2v) is 5.24. The number of amides is 1. The van der Waals surface area contributed by atoms with Crippen molar-refractivity contribution in [1.82, 2.24) is 0 Å². The molecule has 1 amide bonds. The summed E-state index contributed by atoms with van der Waals surface area (Å²) in [5, 5.41) is 9.65. The first-order valence-corrected chi connectivity index (χ1v) is 7.18. The van der Waals surface area contributed by atoms with E-state index in [0.29, 0.717) is 0 Å². The molecule has 0 radical (unpaired) electrons. The molecule has 3 N–H and O–H groups in total.